The van der Waals surface area contributed by atoms with E-state index in [4.69, 9.17) is 19.9 Å². The fraction of sp³-hybridized carbons (Fsp3) is 0.533. The molecule has 0 saturated carbocycles. The van der Waals surface area contributed by atoms with Crippen molar-refractivity contribution >= 4 is 17.3 Å². The van der Waals surface area contributed by atoms with Gasteiger partial charge in [0.15, 0.2) is 0 Å². The standard InChI is InChI=1S/C15H22N2O4/c1-19-11-4-5-13(16)14(9-11)17-15(18)6-8-20-10-12-3-2-7-21-12/h4-5,9,12H,2-3,6-8,10,16H2,1H3,(H,17,18). The van der Waals surface area contributed by atoms with E-state index in [9.17, 15) is 4.79 Å². The van der Waals surface area contributed by atoms with Crippen LogP contribution in [0.5, 0.6) is 5.75 Å². The smallest absolute Gasteiger partial charge is 0.226 e. The second-order valence-electron chi connectivity index (χ2n) is 4.96. The molecule has 1 fully saturated rings. The number of hydrogen-bond donors (Lipinski definition) is 2. The third kappa shape index (κ3) is 4.91. The molecule has 21 heavy (non-hydrogen) atoms. The van der Waals surface area contributed by atoms with E-state index in [1.807, 2.05) is 0 Å². The minimum atomic E-state index is -0.137. The molecule has 1 aliphatic heterocycles. The number of nitrogens with two attached hydrogens (primary N) is 1. The van der Waals surface area contributed by atoms with E-state index in [0.717, 1.165) is 19.4 Å². The molecule has 6 heteroatoms. The fourth-order valence-corrected chi connectivity index (χ4v) is 2.14. The summed E-state index contributed by atoms with van der Waals surface area (Å²) < 4.78 is 16.0. The van der Waals surface area contributed by atoms with Crippen molar-refractivity contribution in [3.8, 4) is 5.75 Å². The van der Waals surface area contributed by atoms with E-state index in [-0.39, 0.29) is 18.4 Å². The summed E-state index contributed by atoms with van der Waals surface area (Å²) in [6.07, 6.45) is 2.58. The van der Waals surface area contributed by atoms with Crippen LogP contribution in [0, 0.1) is 0 Å². The Balaban J connectivity index is 1.71. The van der Waals surface area contributed by atoms with Gasteiger partial charge >= 0.3 is 0 Å². The first-order valence-corrected chi connectivity index (χ1v) is 7.11. The number of rotatable bonds is 7. The lowest BCUT2D eigenvalue weighted by molar-refractivity contribution is -0.117. The van der Waals surface area contributed by atoms with Crippen molar-refractivity contribution in [2.45, 2.75) is 25.4 Å². The Labute approximate surface area is 124 Å². The highest BCUT2D eigenvalue weighted by atomic mass is 16.5. The Hall–Kier alpha value is -1.79. The van der Waals surface area contributed by atoms with E-state index < -0.39 is 0 Å². The van der Waals surface area contributed by atoms with Crippen molar-refractivity contribution in [2.75, 3.05) is 38.0 Å². The Bertz CT molecular complexity index is 473. The second kappa shape index (κ2) is 7.85. The molecule has 0 bridgehead atoms. The number of anilines is 2. The number of methoxy groups -OCH3 is 1. The maximum absolute atomic E-state index is 11.8. The highest BCUT2D eigenvalue weighted by molar-refractivity contribution is 5.94. The molecule has 1 saturated heterocycles. The minimum absolute atomic E-state index is 0.137. The van der Waals surface area contributed by atoms with Gasteiger partial charge in [0.1, 0.15) is 5.75 Å². The zero-order valence-corrected chi connectivity index (χ0v) is 12.3. The molecular weight excluding hydrogens is 272 g/mol. The van der Waals surface area contributed by atoms with E-state index in [1.54, 1.807) is 25.3 Å². The SMILES string of the molecule is COc1ccc(N)c(NC(=O)CCOCC2CCCO2)c1. The number of carbonyl (C=O) groups excluding carboxylic acids is 1. The summed E-state index contributed by atoms with van der Waals surface area (Å²) in [6, 6.07) is 5.14. The zero-order valence-electron chi connectivity index (χ0n) is 12.3. The molecule has 1 atom stereocenters. The van der Waals surface area contributed by atoms with Gasteiger partial charge in [-0.25, -0.2) is 0 Å². The van der Waals surface area contributed by atoms with Gasteiger partial charge in [0.25, 0.3) is 0 Å². The van der Waals surface area contributed by atoms with Crippen LogP contribution in [0.4, 0.5) is 11.4 Å². The van der Waals surface area contributed by atoms with Crippen LogP contribution in [-0.2, 0) is 14.3 Å². The van der Waals surface area contributed by atoms with Crippen molar-refractivity contribution in [3.05, 3.63) is 18.2 Å². The first-order valence-electron chi connectivity index (χ1n) is 7.11. The van der Waals surface area contributed by atoms with E-state index >= 15 is 0 Å². The van der Waals surface area contributed by atoms with Gasteiger partial charge < -0.3 is 25.3 Å². The van der Waals surface area contributed by atoms with Gasteiger partial charge in [0.2, 0.25) is 5.91 Å². The van der Waals surface area contributed by atoms with Crippen LogP contribution in [0.1, 0.15) is 19.3 Å². The maximum atomic E-state index is 11.8. The first-order chi connectivity index (χ1) is 10.2. The lowest BCUT2D eigenvalue weighted by atomic mass is 10.2. The molecule has 1 aliphatic rings. The zero-order chi connectivity index (χ0) is 15.1. The number of nitrogens with one attached hydrogen (secondary N) is 1. The van der Waals surface area contributed by atoms with Gasteiger partial charge in [-0.2, -0.15) is 0 Å². The second-order valence-corrected chi connectivity index (χ2v) is 4.96. The molecule has 1 heterocycles. The largest absolute Gasteiger partial charge is 0.497 e. The average Bonchev–Trinajstić information content (AvgIpc) is 2.99. The Morgan fingerprint density at radius 2 is 2.38 bits per heavy atom. The normalized spacial score (nSPS) is 17.7. The average molecular weight is 294 g/mol. The molecule has 0 aliphatic carbocycles. The maximum Gasteiger partial charge on any atom is 0.226 e. The number of hydrogen-bond acceptors (Lipinski definition) is 5. The van der Waals surface area contributed by atoms with Crippen LogP contribution < -0.4 is 15.8 Å². The molecule has 2 rings (SSSR count). The van der Waals surface area contributed by atoms with Crippen molar-refractivity contribution in [3.63, 3.8) is 0 Å². The first kappa shape index (κ1) is 15.6. The van der Waals surface area contributed by atoms with Crippen LogP contribution in [-0.4, -0.2) is 38.9 Å². The molecule has 1 amide bonds. The van der Waals surface area contributed by atoms with Gasteiger partial charge in [-0.05, 0) is 25.0 Å². The summed E-state index contributed by atoms with van der Waals surface area (Å²) in [7, 11) is 1.57. The van der Waals surface area contributed by atoms with Gasteiger partial charge in [-0.1, -0.05) is 0 Å². The Kier molecular flexibility index (Phi) is 5.83. The summed E-state index contributed by atoms with van der Waals surface area (Å²) in [6.45, 7) is 1.73. The topological polar surface area (TPSA) is 82.8 Å². The van der Waals surface area contributed by atoms with Gasteiger partial charge in [-0.3, -0.25) is 4.79 Å². The van der Waals surface area contributed by atoms with Crippen molar-refractivity contribution < 1.29 is 19.0 Å². The predicted molar refractivity (Wildman–Crippen MR) is 80.4 cm³/mol. The molecular formula is C15H22N2O4. The monoisotopic (exact) mass is 294 g/mol. The van der Waals surface area contributed by atoms with Crippen molar-refractivity contribution in [1.29, 1.82) is 0 Å². The Morgan fingerprint density at radius 1 is 1.52 bits per heavy atom. The third-order valence-electron chi connectivity index (χ3n) is 3.34. The lowest BCUT2D eigenvalue weighted by Crippen LogP contribution is -2.18. The summed E-state index contributed by atoms with van der Waals surface area (Å²) in [5.41, 5.74) is 6.87. The van der Waals surface area contributed by atoms with Gasteiger partial charge in [0.05, 0.1) is 44.2 Å². The number of benzene rings is 1. The van der Waals surface area contributed by atoms with Crippen LogP contribution in [0.15, 0.2) is 18.2 Å². The highest BCUT2D eigenvalue weighted by Gasteiger charge is 2.15. The number of carbonyl (C=O) groups is 1. The number of amides is 1. The molecule has 1 unspecified atom stereocenters. The van der Waals surface area contributed by atoms with Crippen LogP contribution >= 0.6 is 0 Å². The van der Waals surface area contributed by atoms with Crippen LogP contribution in [0.3, 0.4) is 0 Å². The Morgan fingerprint density at radius 3 is 3.10 bits per heavy atom. The van der Waals surface area contributed by atoms with Crippen LogP contribution in [0.2, 0.25) is 0 Å². The van der Waals surface area contributed by atoms with E-state index in [0.29, 0.717) is 30.3 Å². The molecule has 0 spiro atoms. The summed E-state index contributed by atoms with van der Waals surface area (Å²) in [5, 5.41) is 2.76. The van der Waals surface area contributed by atoms with E-state index in [2.05, 4.69) is 5.32 Å². The molecule has 1 aromatic carbocycles. The summed E-state index contributed by atoms with van der Waals surface area (Å²) in [5.74, 6) is 0.511. The number of ether oxygens (including phenoxy) is 3. The highest BCUT2D eigenvalue weighted by Crippen LogP contribution is 2.24. The lowest BCUT2D eigenvalue weighted by Gasteiger charge is -2.11. The molecule has 6 nitrogen and oxygen atoms in total. The number of nitrogen functional groups attached to an aromatic ring is 1. The van der Waals surface area contributed by atoms with Gasteiger partial charge in [-0.15, -0.1) is 0 Å². The molecule has 3 N–H and O–H groups in total. The quantitative estimate of drug-likeness (QED) is 0.592. The molecule has 116 valence electrons. The molecule has 1 aromatic rings. The molecule has 0 aromatic heterocycles. The summed E-state index contributed by atoms with van der Waals surface area (Å²) in [4.78, 5) is 11.8. The summed E-state index contributed by atoms with van der Waals surface area (Å²) >= 11 is 0. The fourth-order valence-electron chi connectivity index (χ4n) is 2.14. The van der Waals surface area contributed by atoms with Crippen molar-refractivity contribution in [2.24, 2.45) is 0 Å². The minimum Gasteiger partial charge on any atom is -0.497 e. The third-order valence-corrected chi connectivity index (χ3v) is 3.34. The van der Waals surface area contributed by atoms with Crippen molar-refractivity contribution in [1.82, 2.24) is 0 Å². The predicted octanol–water partition coefficient (Wildman–Crippen LogP) is 1.80. The van der Waals surface area contributed by atoms with Crippen LogP contribution in [0.25, 0.3) is 0 Å². The van der Waals surface area contributed by atoms with E-state index in [1.165, 1.54) is 0 Å². The molecule has 0 radical (unpaired) electrons. The van der Waals surface area contributed by atoms with Gasteiger partial charge in [0, 0.05) is 12.7 Å².